The molecule has 388 valence electrons. The van der Waals surface area contributed by atoms with Gasteiger partial charge in [0.25, 0.3) is 11.8 Å². The number of ether oxygens (including phenoxy) is 2. The van der Waals surface area contributed by atoms with Crippen molar-refractivity contribution in [3.63, 3.8) is 0 Å². The zero-order chi connectivity index (χ0) is 52.3. The van der Waals surface area contributed by atoms with Crippen LogP contribution in [-0.2, 0) is 28.5 Å². The standard InChI is InChI=1S/C30H34F2N4O3.C27H31N5O3/c1-4-27(38)35-13-6-5-10-22(18-35)36-26(17-24(37)21-9-7-8-20(2)16-21)33-23-11-12-25-28(29(23)36)30(31,32)19-34(3)14-15-39-25;1-4-24(33)31-12-6-9-20(16-31)32-25-21-17-30(3)13-14-35-23(21)11-10-22(25)28-27(32)29-26(34)19-8-5-7-18(2)15-19/h4,7-9,11-12,16,22H,1,5-6,10,13-15,17-19H2,2-3H3;4-5,7-8,10-11,15,20H,1,6,9,12-14,16-17H2,2-3H3,(H,28,29,34)/t22-;20-/m11/s1. The fourth-order valence-electron chi connectivity index (χ4n) is 10.8. The average molecular weight is 1010 g/mol. The van der Waals surface area contributed by atoms with Crippen molar-refractivity contribution in [2.45, 2.75) is 76.9 Å². The number of Topliss-reactive ketones (excluding diaryl/α,β-unsaturated/α-hetero) is 1. The number of imidazole rings is 2. The van der Waals surface area contributed by atoms with Crippen molar-refractivity contribution in [2.24, 2.45) is 0 Å². The Labute approximate surface area is 430 Å². The van der Waals surface area contributed by atoms with Crippen molar-refractivity contribution in [1.29, 1.82) is 0 Å². The highest BCUT2D eigenvalue weighted by atomic mass is 19.3. The fourth-order valence-corrected chi connectivity index (χ4v) is 10.8. The molecule has 4 aliphatic rings. The van der Waals surface area contributed by atoms with Crippen LogP contribution in [0.25, 0.3) is 22.1 Å². The molecule has 10 rings (SSSR count). The van der Waals surface area contributed by atoms with E-state index in [-0.39, 0.29) is 65.4 Å². The molecule has 4 aliphatic heterocycles. The first-order valence-electron chi connectivity index (χ1n) is 25.5. The number of carbonyl (C=O) groups is 4. The summed E-state index contributed by atoms with van der Waals surface area (Å²) in [5, 5.41) is 3.07. The molecule has 2 saturated heterocycles. The molecule has 0 unspecified atom stereocenters. The Morgan fingerprint density at radius 2 is 1.31 bits per heavy atom. The number of rotatable bonds is 9. The summed E-state index contributed by atoms with van der Waals surface area (Å²) < 4.78 is 47.8. The zero-order valence-corrected chi connectivity index (χ0v) is 42.7. The third-order valence-corrected chi connectivity index (χ3v) is 14.4. The second-order valence-electron chi connectivity index (χ2n) is 20.0. The summed E-state index contributed by atoms with van der Waals surface area (Å²) in [5.41, 5.74) is 6.36. The summed E-state index contributed by atoms with van der Waals surface area (Å²) in [6.45, 7) is 15.6. The van der Waals surface area contributed by atoms with Crippen molar-refractivity contribution >= 4 is 51.5 Å². The van der Waals surface area contributed by atoms with E-state index in [2.05, 4.69) is 35.0 Å². The molecule has 1 N–H and O–H groups in total. The molecule has 0 radical (unpaired) electrons. The molecule has 0 saturated carbocycles. The van der Waals surface area contributed by atoms with Gasteiger partial charge in [0.15, 0.2) is 5.78 Å². The van der Waals surface area contributed by atoms with E-state index < -0.39 is 12.5 Å². The number of nitrogens with one attached hydrogen (secondary N) is 1. The summed E-state index contributed by atoms with van der Waals surface area (Å²) >= 11 is 0. The van der Waals surface area contributed by atoms with Gasteiger partial charge in [-0.3, -0.25) is 34.3 Å². The van der Waals surface area contributed by atoms with Gasteiger partial charge in [-0.25, -0.2) is 9.97 Å². The van der Waals surface area contributed by atoms with Crippen LogP contribution in [-0.4, -0.2) is 135 Å². The normalized spacial score (nSPS) is 19.2. The molecule has 2 fully saturated rings. The molecule has 6 aromatic rings. The van der Waals surface area contributed by atoms with Gasteiger partial charge in [-0.1, -0.05) is 54.6 Å². The van der Waals surface area contributed by atoms with Gasteiger partial charge in [-0.2, -0.15) is 8.78 Å². The fraction of sp³-hybridized carbons (Fsp3) is 0.404. The first-order chi connectivity index (χ1) is 35.6. The van der Waals surface area contributed by atoms with Gasteiger partial charge in [0.2, 0.25) is 17.8 Å². The predicted molar refractivity (Wildman–Crippen MR) is 281 cm³/mol. The molecule has 4 aromatic carbocycles. The Balaban J connectivity index is 0.000000183. The Bertz CT molecular complexity index is 3130. The molecule has 6 heterocycles. The molecule has 17 heteroatoms. The molecule has 0 spiro atoms. The number of likely N-dealkylation sites (N-methyl/N-ethyl adjacent to an activating group) is 2. The number of anilines is 1. The maximum atomic E-state index is 16.0. The number of halogens is 2. The summed E-state index contributed by atoms with van der Waals surface area (Å²) in [6.07, 6.45) is 6.59. The first kappa shape index (κ1) is 51.7. The lowest BCUT2D eigenvalue weighted by molar-refractivity contribution is -0.127. The van der Waals surface area contributed by atoms with E-state index in [1.807, 2.05) is 67.3 Å². The van der Waals surface area contributed by atoms with Crippen LogP contribution in [0.5, 0.6) is 11.5 Å². The quantitative estimate of drug-likeness (QED) is 0.110. The van der Waals surface area contributed by atoms with Crippen LogP contribution in [0.15, 0.2) is 98.1 Å². The van der Waals surface area contributed by atoms with Crippen molar-refractivity contribution in [2.75, 3.05) is 78.4 Å². The zero-order valence-electron chi connectivity index (χ0n) is 42.7. The van der Waals surface area contributed by atoms with Crippen LogP contribution in [0.3, 0.4) is 0 Å². The van der Waals surface area contributed by atoms with Gasteiger partial charge in [0.1, 0.15) is 30.5 Å². The number of benzene rings is 4. The Morgan fingerprint density at radius 3 is 2.00 bits per heavy atom. The van der Waals surface area contributed by atoms with Crippen LogP contribution < -0.4 is 14.8 Å². The average Bonchev–Trinajstić information content (AvgIpc) is 3.73. The van der Waals surface area contributed by atoms with E-state index in [1.54, 1.807) is 45.7 Å². The molecule has 2 aromatic heterocycles. The van der Waals surface area contributed by atoms with E-state index in [1.165, 1.54) is 12.2 Å². The van der Waals surface area contributed by atoms with Gasteiger partial charge in [-0.05, 0) is 115 Å². The monoisotopic (exact) mass is 1010 g/mol. The van der Waals surface area contributed by atoms with Crippen LogP contribution in [0.1, 0.15) is 93.0 Å². The largest absolute Gasteiger partial charge is 0.492 e. The molecule has 2 atom stereocenters. The molecule has 0 aliphatic carbocycles. The summed E-state index contributed by atoms with van der Waals surface area (Å²) in [6, 6.07) is 21.6. The van der Waals surface area contributed by atoms with Gasteiger partial charge >= 0.3 is 0 Å². The number of aromatic nitrogens is 4. The number of nitrogens with zero attached hydrogens (tertiary/aromatic N) is 8. The van der Waals surface area contributed by atoms with E-state index in [9.17, 15) is 19.2 Å². The number of alkyl halides is 2. The number of carbonyl (C=O) groups excluding carboxylic acids is 4. The van der Waals surface area contributed by atoms with Crippen LogP contribution in [0.2, 0.25) is 0 Å². The number of amides is 3. The van der Waals surface area contributed by atoms with Crippen LogP contribution in [0, 0.1) is 13.8 Å². The summed E-state index contributed by atoms with van der Waals surface area (Å²) in [5.74, 6) is -1.98. The Hall–Kier alpha value is -7.24. The third kappa shape index (κ3) is 11.0. The SMILES string of the molecule is C=CC(=O)N1CCCC[C@@H](n2c(CC(=O)c3cccc(C)c3)nc3ccc4c(c32)C(F)(F)CN(C)CCO4)C1.C=CC(=O)N1CCC[C@@H](n2c(NC(=O)c3cccc(C)c3)nc3ccc4c(c32)CN(C)CCO4)C1. The van der Waals surface area contributed by atoms with Gasteiger partial charge in [0, 0.05) is 62.5 Å². The van der Waals surface area contributed by atoms with E-state index in [0.717, 1.165) is 65.7 Å². The highest BCUT2D eigenvalue weighted by Crippen LogP contribution is 2.44. The van der Waals surface area contributed by atoms with E-state index in [0.29, 0.717) is 80.7 Å². The second-order valence-corrected chi connectivity index (χ2v) is 20.0. The smallest absolute Gasteiger partial charge is 0.291 e. The summed E-state index contributed by atoms with van der Waals surface area (Å²) in [7, 11) is 3.72. The predicted octanol–water partition coefficient (Wildman–Crippen LogP) is 8.70. The number of hydrogen-bond donors (Lipinski definition) is 1. The van der Waals surface area contributed by atoms with Crippen LogP contribution >= 0.6 is 0 Å². The number of fused-ring (bicyclic) bond motifs is 6. The second kappa shape index (κ2) is 22.1. The lowest BCUT2D eigenvalue weighted by atomic mass is 10.0. The minimum absolute atomic E-state index is 0.0366. The van der Waals surface area contributed by atoms with Crippen molar-refractivity contribution in [3.8, 4) is 11.5 Å². The number of likely N-dealkylation sites (tertiary alicyclic amines) is 2. The Kier molecular flexibility index (Phi) is 15.4. The van der Waals surface area contributed by atoms with Gasteiger partial charge in [-0.15, -0.1) is 0 Å². The topological polar surface area (TPSA) is 147 Å². The molecular formula is C57H65F2N9O6. The minimum atomic E-state index is -3.22. The Morgan fingerprint density at radius 1 is 0.716 bits per heavy atom. The number of piperidine rings is 1. The van der Waals surface area contributed by atoms with E-state index in [4.69, 9.17) is 19.4 Å². The lowest BCUT2D eigenvalue weighted by Crippen LogP contribution is -2.40. The van der Waals surface area contributed by atoms with E-state index >= 15 is 8.78 Å². The highest BCUT2D eigenvalue weighted by molar-refractivity contribution is 6.04. The molecule has 74 heavy (non-hydrogen) atoms. The van der Waals surface area contributed by atoms with Crippen molar-refractivity contribution < 1.29 is 37.4 Å². The number of ketones is 1. The van der Waals surface area contributed by atoms with Gasteiger partial charge in [0.05, 0.1) is 52.7 Å². The van der Waals surface area contributed by atoms with Crippen molar-refractivity contribution in [1.82, 2.24) is 38.7 Å². The molecule has 15 nitrogen and oxygen atoms in total. The maximum absolute atomic E-state index is 16.0. The third-order valence-electron chi connectivity index (χ3n) is 14.4. The number of hydrogen-bond acceptors (Lipinski definition) is 10. The molecule has 0 bridgehead atoms. The number of aryl methyl sites for hydroxylation is 2. The molecule has 3 amide bonds. The summed E-state index contributed by atoms with van der Waals surface area (Å²) in [4.78, 5) is 68.6. The van der Waals surface area contributed by atoms with Gasteiger partial charge < -0.3 is 28.4 Å². The first-order valence-corrected chi connectivity index (χ1v) is 25.5. The minimum Gasteiger partial charge on any atom is -0.492 e. The highest BCUT2D eigenvalue weighted by Gasteiger charge is 2.42. The van der Waals surface area contributed by atoms with Crippen molar-refractivity contribution in [3.05, 3.63) is 137 Å². The molecular weight excluding hydrogens is 945 g/mol. The maximum Gasteiger partial charge on any atom is 0.291 e. The lowest BCUT2D eigenvalue weighted by Gasteiger charge is -2.34. The van der Waals surface area contributed by atoms with Crippen LogP contribution in [0.4, 0.5) is 14.7 Å².